The summed E-state index contributed by atoms with van der Waals surface area (Å²) >= 11 is 0. The average Bonchev–Trinajstić information content (AvgIpc) is 2.15. The zero-order valence-corrected chi connectivity index (χ0v) is 10.5. The molecule has 0 heterocycles. The maximum Gasteiger partial charge on any atom is 0.248 e. The van der Waals surface area contributed by atoms with Crippen molar-refractivity contribution < 1.29 is 9.53 Å². The molecule has 4 heteroatoms. The lowest BCUT2D eigenvalue weighted by molar-refractivity contribution is -0.136. The summed E-state index contributed by atoms with van der Waals surface area (Å²) in [6, 6.07) is 0.692. The first-order valence-electron chi connectivity index (χ1n) is 5.52. The number of ether oxygens (including phenoxy) is 1. The summed E-state index contributed by atoms with van der Waals surface area (Å²) in [4.78, 5) is 13.2. The van der Waals surface area contributed by atoms with Crippen molar-refractivity contribution in [2.75, 3.05) is 26.8 Å². The van der Waals surface area contributed by atoms with Crippen molar-refractivity contribution in [2.24, 2.45) is 0 Å². The zero-order chi connectivity index (χ0) is 11.8. The summed E-state index contributed by atoms with van der Waals surface area (Å²) in [5.41, 5.74) is 0. The van der Waals surface area contributed by atoms with Crippen molar-refractivity contribution in [3.05, 3.63) is 0 Å². The van der Waals surface area contributed by atoms with Gasteiger partial charge in [-0.2, -0.15) is 0 Å². The minimum absolute atomic E-state index is 0.0366. The second kappa shape index (κ2) is 7.65. The Kier molecular flexibility index (Phi) is 7.34. The van der Waals surface area contributed by atoms with E-state index in [9.17, 15) is 4.79 Å². The number of carbonyl (C=O) groups excluding carboxylic acids is 1. The molecule has 0 aromatic heterocycles. The summed E-state index contributed by atoms with van der Waals surface area (Å²) in [5, 5.41) is 3.22. The highest BCUT2D eigenvalue weighted by molar-refractivity contribution is 5.77. The van der Waals surface area contributed by atoms with Crippen molar-refractivity contribution in [2.45, 2.75) is 39.8 Å². The van der Waals surface area contributed by atoms with Crippen molar-refractivity contribution in [1.82, 2.24) is 10.2 Å². The van der Waals surface area contributed by atoms with Crippen LogP contribution >= 0.6 is 0 Å². The summed E-state index contributed by atoms with van der Waals surface area (Å²) in [6.45, 7) is 9.67. The number of likely N-dealkylation sites (N-methyl/N-ethyl adjacent to an activating group) is 1. The molecular weight excluding hydrogens is 192 g/mol. The molecule has 0 unspecified atom stereocenters. The van der Waals surface area contributed by atoms with E-state index in [0.717, 1.165) is 6.54 Å². The topological polar surface area (TPSA) is 41.6 Å². The standard InChI is InChI=1S/C11H24N2O2/c1-9(2)12-6-7-15-8-11(14)13(5)10(3)4/h9-10,12H,6-8H2,1-5H3. The lowest BCUT2D eigenvalue weighted by Gasteiger charge is -2.21. The molecule has 0 aliphatic rings. The molecule has 0 rings (SSSR count). The first-order chi connectivity index (χ1) is 6.95. The van der Waals surface area contributed by atoms with Crippen molar-refractivity contribution >= 4 is 5.91 Å². The molecular formula is C11H24N2O2. The van der Waals surface area contributed by atoms with Gasteiger partial charge in [0.25, 0.3) is 0 Å². The molecule has 15 heavy (non-hydrogen) atoms. The number of rotatable bonds is 7. The highest BCUT2D eigenvalue weighted by atomic mass is 16.5. The van der Waals surface area contributed by atoms with E-state index in [-0.39, 0.29) is 18.6 Å². The predicted molar refractivity (Wildman–Crippen MR) is 61.9 cm³/mol. The first-order valence-corrected chi connectivity index (χ1v) is 5.52. The van der Waals surface area contributed by atoms with Crippen molar-refractivity contribution in [1.29, 1.82) is 0 Å². The smallest absolute Gasteiger partial charge is 0.248 e. The van der Waals surface area contributed by atoms with E-state index in [2.05, 4.69) is 19.2 Å². The number of amides is 1. The Bertz CT molecular complexity index is 181. The highest BCUT2D eigenvalue weighted by Gasteiger charge is 2.11. The fraction of sp³-hybridized carbons (Fsp3) is 0.909. The Morgan fingerprint density at radius 3 is 2.40 bits per heavy atom. The number of hydrogen-bond acceptors (Lipinski definition) is 3. The minimum Gasteiger partial charge on any atom is -0.370 e. The van der Waals surface area contributed by atoms with Gasteiger partial charge in [-0.25, -0.2) is 0 Å². The van der Waals surface area contributed by atoms with E-state index < -0.39 is 0 Å². The van der Waals surface area contributed by atoms with Gasteiger partial charge in [-0.3, -0.25) is 4.79 Å². The molecule has 0 radical (unpaired) electrons. The molecule has 0 aromatic carbocycles. The number of hydrogen-bond donors (Lipinski definition) is 1. The van der Waals surface area contributed by atoms with Crippen LogP contribution in [0, 0.1) is 0 Å². The van der Waals surface area contributed by atoms with Crippen LogP contribution in [-0.4, -0.2) is 49.7 Å². The van der Waals surface area contributed by atoms with E-state index in [0.29, 0.717) is 12.6 Å². The van der Waals surface area contributed by atoms with Crippen LogP contribution in [0.15, 0.2) is 0 Å². The summed E-state index contributed by atoms with van der Waals surface area (Å²) < 4.78 is 5.26. The third kappa shape index (κ3) is 7.33. The van der Waals surface area contributed by atoms with Gasteiger partial charge in [-0.1, -0.05) is 13.8 Å². The van der Waals surface area contributed by atoms with Gasteiger partial charge in [-0.05, 0) is 13.8 Å². The van der Waals surface area contributed by atoms with Crippen LogP contribution < -0.4 is 5.32 Å². The predicted octanol–water partition coefficient (Wildman–Crippen LogP) is 0.868. The Balaban J connectivity index is 3.47. The van der Waals surface area contributed by atoms with E-state index in [1.807, 2.05) is 13.8 Å². The van der Waals surface area contributed by atoms with Gasteiger partial charge in [0, 0.05) is 25.7 Å². The van der Waals surface area contributed by atoms with Gasteiger partial charge in [0.2, 0.25) is 5.91 Å². The van der Waals surface area contributed by atoms with Crippen LogP contribution in [-0.2, 0) is 9.53 Å². The van der Waals surface area contributed by atoms with Crippen molar-refractivity contribution in [3.8, 4) is 0 Å². The molecule has 0 atom stereocenters. The molecule has 0 saturated carbocycles. The van der Waals surface area contributed by atoms with Crippen LogP contribution in [0.1, 0.15) is 27.7 Å². The largest absolute Gasteiger partial charge is 0.370 e. The maximum absolute atomic E-state index is 11.5. The molecule has 0 saturated heterocycles. The molecule has 0 spiro atoms. The molecule has 0 aromatic rings. The number of nitrogens with zero attached hydrogens (tertiary/aromatic N) is 1. The minimum atomic E-state index is 0.0366. The highest BCUT2D eigenvalue weighted by Crippen LogP contribution is 1.94. The van der Waals surface area contributed by atoms with Gasteiger partial charge in [-0.15, -0.1) is 0 Å². The van der Waals surface area contributed by atoms with Gasteiger partial charge >= 0.3 is 0 Å². The SMILES string of the molecule is CC(C)NCCOCC(=O)N(C)C(C)C. The maximum atomic E-state index is 11.5. The zero-order valence-electron chi connectivity index (χ0n) is 10.5. The Morgan fingerprint density at radius 1 is 1.33 bits per heavy atom. The molecule has 1 amide bonds. The van der Waals surface area contributed by atoms with Gasteiger partial charge in [0.1, 0.15) is 6.61 Å². The monoisotopic (exact) mass is 216 g/mol. The molecule has 4 nitrogen and oxygen atoms in total. The van der Waals surface area contributed by atoms with Crippen LogP contribution in [0.5, 0.6) is 0 Å². The summed E-state index contributed by atoms with van der Waals surface area (Å²) in [5.74, 6) is 0.0366. The molecule has 90 valence electrons. The van der Waals surface area contributed by atoms with Crippen LogP contribution in [0.25, 0.3) is 0 Å². The van der Waals surface area contributed by atoms with Crippen molar-refractivity contribution in [3.63, 3.8) is 0 Å². The number of nitrogens with one attached hydrogen (secondary N) is 1. The second-order valence-electron chi connectivity index (χ2n) is 4.26. The summed E-state index contributed by atoms with van der Waals surface area (Å²) in [7, 11) is 1.79. The fourth-order valence-electron chi connectivity index (χ4n) is 0.969. The normalized spacial score (nSPS) is 11.1. The van der Waals surface area contributed by atoms with Crippen LogP contribution in [0.3, 0.4) is 0 Å². The molecule has 0 bridgehead atoms. The second-order valence-corrected chi connectivity index (χ2v) is 4.26. The van der Waals surface area contributed by atoms with Gasteiger partial charge in [0.05, 0.1) is 6.61 Å². The van der Waals surface area contributed by atoms with Crippen LogP contribution in [0.2, 0.25) is 0 Å². The van der Waals surface area contributed by atoms with Gasteiger partial charge in [0.15, 0.2) is 0 Å². The average molecular weight is 216 g/mol. The lowest BCUT2D eigenvalue weighted by atomic mass is 10.3. The van der Waals surface area contributed by atoms with E-state index in [4.69, 9.17) is 4.74 Å². The van der Waals surface area contributed by atoms with E-state index >= 15 is 0 Å². The Morgan fingerprint density at radius 2 is 1.93 bits per heavy atom. The first kappa shape index (κ1) is 14.4. The molecule has 0 aliphatic carbocycles. The van der Waals surface area contributed by atoms with Crippen LogP contribution in [0.4, 0.5) is 0 Å². The molecule has 0 fully saturated rings. The lowest BCUT2D eigenvalue weighted by Crippen LogP contribution is -2.36. The third-order valence-electron chi connectivity index (χ3n) is 2.19. The van der Waals surface area contributed by atoms with E-state index in [1.54, 1.807) is 11.9 Å². The third-order valence-corrected chi connectivity index (χ3v) is 2.19. The fourth-order valence-corrected chi connectivity index (χ4v) is 0.969. The van der Waals surface area contributed by atoms with E-state index in [1.165, 1.54) is 0 Å². The Hall–Kier alpha value is -0.610. The quantitative estimate of drug-likeness (QED) is 0.642. The number of carbonyl (C=O) groups is 1. The van der Waals surface area contributed by atoms with Gasteiger partial charge < -0.3 is 15.0 Å². The molecule has 1 N–H and O–H groups in total. The molecule has 0 aliphatic heterocycles. The summed E-state index contributed by atoms with van der Waals surface area (Å²) in [6.07, 6.45) is 0. The Labute approximate surface area is 93.0 Å².